The van der Waals surface area contributed by atoms with Gasteiger partial charge >= 0.3 is 0 Å². The Kier molecular flexibility index (Phi) is 6.58. The zero-order chi connectivity index (χ0) is 13.4. The molecule has 0 bridgehead atoms. The lowest BCUT2D eigenvalue weighted by molar-refractivity contribution is 0.278. The van der Waals surface area contributed by atoms with Gasteiger partial charge in [-0.25, -0.2) is 0 Å². The SMILES string of the molecule is COc1ccc(OCCC(C)CNC(C)C)cc1. The summed E-state index contributed by atoms with van der Waals surface area (Å²) in [6.45, 7) is 8.38. The molecule has 0 fully saturated rings. The van der Waals surface area contributed by atoms with E-state index in [0.717, 1.165) is 31.1 Å². The van der Waals surface area contributed by atoms with Crippen LogP contribution in [0.5, 0.6) is 11.5 Å². The first-order chi connectivity index (χ1) is 8.61. The molecule has 0 aliphatic rings. The standard InChI is InChI=1S/C15H25NO2/c1-12(2)16-11-13(3)9-10-18-15-7-5-14(17-4)6-8-15/h5-8,12-13,16H,9-11H2,1-4H3. The van der Waals surface area contributed by atoms with Crippen LogP contribution in [0, 0.1) is 5.92 Å². The average molecular weight is 251 g/mol. The summed E-state index contributed by atoms with van der Waals surface area (Å²) >= 11 is 0. The van der Waals surface area contributed by atoms with Crippen LogP contribution in [-0.2, 0) is 0 Å². The van der Waals surface area contributed by atoms with Crippen molar-refractivity contribution in [3.05, 3.63) is 24.3 Å². The van der Waals surface area contributed by atoms with E-state index < -0.39 is 0 Å². The molecule has 0 radical (unpaired) electrons. The summed E-state index contributed by atoms with van der Waals surface area (Å²) in [5.74, 6) is 2.39. The molecule has 0 heterocycles. The summed E-state index contributed by atoms with van der Waals surface area (Å²) in [5, 5.41) is 3.44. The van der Waals surface area contributed by atoms with Crippen molar-refractivity contribution < 1.29 is 9.47 Å². The number of nitrogens with one attached hydrogen (secondary N) is 1. The van der Waals surface area contributed by atoms with Gasteiger partial charge in [-0.1, -0.05) is 20.8 Å². The summed E-state index contributed by atoms with van der Waals surface area (Å²) in [4.78, 5) is 0. The Morgan fingerprint density at radius 2 is 1.67 bits per heavy atom. The lowest BCUT2D eigenvalue weighted by Crippen LogP contribution is -2.28. The molecule has 1 aromatic carbocycles. The van der Waals surface area contributed by atoms with Crippen LogP contribution in [0.25, 0.3) is 0 Å². The van der Waals surface area contributed by atoms with E-state index in [1.807, 2.05) is 24.3 Å². The lowest BCUT2D eigenvalue weighted by Gasteiger charge is -2.15. The van der Waals surface area contributed by atoms with Crippen molar-refractivity contribution in [2.75, 3.05) is 20.3 Å². The molecule has 3 heteroatoms. The average Bonchev–Trinajstić information content (AvgIpc) is 2.37. The minimum Gasteiger partial charge on any atom is -0.497 e. The molecule has 0 saturated carbocycles. The molecule has 3 nitrogen and oxygen atoms in total. The summed E-state index contributed by atoms with van der Waals surface area (Å²) < 4.78 is 10.8. The molecule has 0 aromatic heterocycles. The number of benzene rings is 1. The van der Waals surface area contributed by atoms with E-state index in [1.54, 1.807) is 7.11 Å². The van der Waals surface area contributed by atoms with Gasteiger partial charge in [-0.15, -0.1) is 0 Å². The maximum absolute atomic E-state index is 5.70. The van der Waals surface area contributed by atoms with E-state index in [2.05, 4.69) is 26.1 Å². The molecular weight excluding hydrogens is 226 g/mol. The highest BCUT2D eigenvalue weighted by atomic mass is 16.5. The van der Waals surface area contributed by atoms with Gasteiger partial charge in [-0.2, -0.15) is 0 Å². The lowest BCUT2D eigenvalue weighted by atomic mass is 10.1. The van der Waals surface area contributed by atoms with E-state index in [4.69, 9.17) is 9.47 Å². The number of methoxy groups -OCH3 is 1. The van der Waals surface area contributed by atoms with Gasteiger partial charge in [0.2, 0.25) is 0 Å². The minimum atomic E-state index is 0.551. The maximum atomic E-state index is 5.70. The molecule has 0 aliphatic heterocycles. The number of rotatable bonds is 8. The van der Waals surface area contributed by atoms with Crippen LogP contribution >= 0.6 is 0 Å². The monoisotopic (exact) mass is 251 g/mol. The molecule has 1 rings (SSSR count). The minimum absolute atomic E-state index is 0.551. The van der Waals surface area contributed by atoms with Crippen LogP contribution in [0.2, 0.25) is 0 Å². The third-order valence-corrected chi connectivity index (χ3v) is 2.81. The number of hydrogen-bond donors (Lipinski definition) is 1. The molecule has 0 spiro atoms. The maximum Gasteiger partial charge on any atom is 0.119 e. The summed E-state index contributed by atoms with van der Waals surface area (Å²) in [7, 11) is 1.67. The third-order valence-electron chi connectivity index (χ3n) is 2.81. The first kappa shape index (κ1) is 14.8. The van der Waals surface area contributed by atoms with Crippen molar-refractivity contribution in [3.8, 4) is 11.5 Å². The van der Waals surface area contributed by atoms with Gasteiger partial charge in [0.1, 0.15) is 11.5 Å². The van der Waals surface area contributed by atoms with Crippen molar-refractivity contribution in [3.63, 3.8) is 0 Å². The molecule has 1 N–H and O–H groups in total. The molecule has 0 aliphatic carbocycles. The fourth-order valence-electron chi connectivity index (χ4n) is 1.59. The van der Waals surface area contributed by atoms with Gasteiger partial charge in [0.05, 0.1) is 13.7 Å². The first-order valence-electron chi connectivity index (χ1n) is 6.62. The fraction of sp³-hybridized carbons (Fsp3) is 0.600. The summed E-state index contributed by atoms with van der Waals surface area (Å²) in [5.41, 5.74) is 0. The first-order valence-corrected chi connectivity index (χ1v) is 6.62. The van der Waals surface area contributed by atoms with E-state index in [0.29, 0.717) is 12.0 Å². The van der Waals surface area contributed by atoms with Gasteiger partial charge in [-0.3, -0.25) is 0 Å². The molecule has 1 atom stereocenters. The molecule has 1 unspecified atom stereocenters. The molecule has 0 saturated heterocycles. The van der Waals surface area contributed by atoms with Crippen molar-refractivity contribution in [1.29, 1.82) is 0 Å². The predicted octanol–water partition coefficient (Wildman–Crippen LogP) is 3.10. The van der Waals surface area contributed by atoms with E-state index in [1.165, 1.54) is 0 Å². The van der Waals surface area contributed by atoms with Crippen LogP contribution in [0.15, 0.2) is 24.3 Å². The predicted molar refractivity (Wildman–Crippen MR) is 75.4 cm³/mol. The van der Waals surface area contributed by atoms with Crippen LogP contribution < -0.4 is 14.8 Å². The Hall–Kier alpha value is -1.22. The van der Waals surface area contributed by atoms with Crippen molar-refractivity contribution in [1.82, 2.24) is 5.32 Å². The number of hydrogen-bond acceptors (Lipinski definition) is 3. The number of ether oxygens (including phenoxy) is 2. The second kappa shape index (κ2) is 7.98. The van der Waals surface area contributed by atoms with E-state index >= 15 is 0 Å². The second-order valence-corrected chi connectivity index (χ2v) is 4.98. The van der Waals surface area contributed by atoms with Crippen molar-refractivity contribution in [2.24, 2.45) is 5.92 Å². The third kappa shape index (κ3) is 5.92. The van der Waals surface area contributed by atoms with Gasteiger partial charge in [0.15, 0.2) is 0 Å². The Balaban J connectivity index is 2.20. The highest BCUT2D eigenvalue weighted by Crippen LogP contribution is 2.17. The van der Waals surface area contributed by atoms with Gasteiger partial charge in [0, 0.05) is 6.04 Å². The molecule has 0 amide bonds. The van der Waals surface area contributed by atoms with Crippen molar-refractivity contribution in [2.45, 2.75) is 33.2 Å². The van der Waals surface area contributed by atoms with Crippen LogP contribution in [0.4, 0.5) is 0 Å². The summed E-state index contributed by atoms with van der Waals surface area (Å²) in [6, 6.07) is 8.26. The van der Waals surface area contributed by atoms with Gasteiger partial charge < -0.3 is 14.8 Å². The normalized spacial score (nSPS) is 12.5. The zero-order valence-corrected chi connectivity index (χ0v) is 11.9. The summed E-state index contributed by atoms with van der Waals surface area (Å²) in [6.07, 6.45) is 1.06. The van der Waals surface area contributed by atoms with Crippen molar-refractivity contribution >= 4 is 0 Å². The highest BCUT2D eigenvalue weighted by Gasteiger charge is 2.03. The Morgan fingerprint density at radius 1 is 1.06 bits per heavy atom. The zero-order valence-electron chi connectivity index (χ0n) is 11.9. The van der Waals surface area contributed by atoms with E-state index in [9.17, 15) is 0 Å². The molecule has 102 valence electrons. The quantitative estimate of drug-likeness (QED) is 0.770. The Labute approximate surface area is 110 Å². The molecule has 1 aromatic rings. The second-order valence-electron chi connectivity index (χ2n) is 4.98. The van der Waals surface area contributed by atoms with Gasteiger partial charge in [-0.05, 0) is 43.1 Å². The topological polar surface area (TPSA) is 30.5 Å². The Morgan fingerprint density at radius 3 is 2.22 bits per heavy atom. The van der Waals surface area contributed by atoms with Crippen LogP contribution in [-0.4, -0.2) is 26.3 Å². The van der Waals surface area contributed by atoms with Crippen LogP contribution in [0.1, 0.15) is 27.2 Å². The highest BCUT2D eigenvalue weighted by molar-refractivity contribution is 5.31. The van der Waals surface area contributed by atoms with Crippen LogP contribution in [0.3, 0.4) is 0 Å². The smallest absolute Gasteiger partial charge is 0.119 e. The molecular formula is C15H25NO2. The van der Waals surface area contributed by atoms with E-state index in [-0.39, 0.29) is 0 Å². The largest absolute Gasteiger partial charge is 0.497 e. The fourth-order valence-corrected chi connectivity index (χ4v) is 1.59. The van der Waals surface area contributed by atoms with Gasteiger partial charge in [0.25, 0.3) is 0 Å². The Bertz CT molecular complexity index is 322. The molecule has 18 heavy (non-hydrogen) atoms.